The maximum Gasteiger partial charge on any atom is 0.0716 e. The predicted molar refractivity (Wildman–Crippen MR) is 63.1 cm³/mol. The van der Waals surface area contributed by atoms with E-state index in [1.54, 1.807) is 0 Å². The van der Waals surface area contributed by atoms with Crippen LogP contribution in [0.15, 0.2) is 48.8 Å². The van der Waals surface area contributed by atoms with Gasteiger partial charge < -0.3 is 10.3 Å². The molecule has 0 amide bonds. The molecule has 0 radical (unpaired) electrons. The largest absolute Gasteiger partial charge is 0.346 e. The minimum Gasteiger partial charge on any atom is -0.346 e. The van der Waals surface area contributed by atoms with E-state index in [4.69, 9.17) is 17.3 Å². The first kappa shape index (κ1) is 10.3. The fourth-order valence-corrected chi connectivity index (χ4v) is 1.97. The molecule has 3 heteroatoms. The third-order valence-electron chi connectivity index (χ3n) is 2.47. The predicted octanol–water partition coefficient (Wildman–Crippen LogP) is 2.69. The molecule has 0 aliphatic carbocycles. The molecule has 2 rings (SSSR count). The van der Waals surface area contributed by atoms with Crippen LogP contribution in [0.1, 0.15) is 11.6 Å². The number of nitrogens with zero attached hydrogens (tertiary/aromatic N) is 1. The maximum absolute atomic E-state index is 6.15. The summed E-state index contributed by atoms with van der Waals surface area (Å²) in [5, 5.41) is 0.765. The van der Waals surface area contributed by atoms with E-state index in [9.17, 15) is 0 Å². The first-order valence-corrected chi connectivity index (χ1v) is 5.27. The molecule has 2 nitrogen and oxygen atoms in total. The number of hydrogen-bond acceptors (Lipinski definition) is 1. The van der Waals surface area contributed by atoms with Crippen LogP contribution in [0.25, 0.3) is 0 Å². The summed E-state index contributed by atoms with van der Waals surface area (Å²) in [6, 6.07) is 11.9. The summed E-state index contributed by atoms with van der Waals surface area (Å²) < 4.78 is 2.07. The average molecular weight is 221 g/mol. The molecule has 0 aliphatic heterocycles. The Morgan fingerprint density at radius 2 is 1.80 bits per heavy atom. The number of aromatic nitrogens is 1. The van der Waals surface area contributed by atoms with E-state index in [1.165, 1.54) is 0 Å². The van der Waals surface area contributed by atoms with Crippen LogP contribution < -0.4 is 5.73 Å². The normalized spacial score (nSPS) is 12.7. The molecule has 0 aliphatic rings. The zero-order chi connectivity index (χ0) is 10.7. The van der Waals surface area contributed by atoms with Gasteiger partial charge in [-0.05, 0) is 23.8 Å². The van der Waals surface area contributed by atoms with Crippen molar-refractivity contribution in [1.29, 1.82) is 0 Å². The van der Waals surface area contributed by atoms with Crippen LogP contribution in [0.2, 0.25) is 5.02 Å². The highest BCUT2D eigenvalue weighted by Gasteiger charge is 2.13. The molecular formula is C12H13ClN2. The molecule has 15 heavy (non-hydrogen) atoms. The van der Waals surface area contributed by atoms with Gasteiger partial charge in [-0.1, -0.05) is 29.8 Å². The molecule has 1 heterocycles. The first-order valence-electron chi connectivity index (χ1n) is 4.90. The summed E-state index contributed by atoms with van der Waals surface area (Å²) >= 11 is 6.15. The zero-order valence-corrected chi connectivity index (χ0v) is 9.06. The maximum atomic E-state index is 6.15. The van der Waals surface area contributed by atoms with E-state index < -0.39 is 0 Å². The third-order valence-corrected chi connectivity index (χ3v) is 2.82. The lowest BCUT2D eigenvalue weighted by Crippen LogP contribution is -2.19. The van der Waals surface area contributed by atoms with Crippen LogP contribution in [0, 0.1) is 0 Å². The van der Waals surface area contributed by atoms with E-state index in [-0.39, 0.29) is 6.04 Å². The molecule has 78 valence electrons. The van der Waals surface area contributed by atoms with E-state index in [0.717, 1.165) is 10.6 Å². The van der Waals surface area contributed by atoms with Crippen LogP contribution in [0.3, 0.4) is 0 Å². The van der Waals surface area contributed by atoms with Crippen molar-refractivity contribution < 1.29 is 0 Å². The lowest BCUT2D eigenvalue weighted by Gasteiger charge is -2.18. The van der Waals surface area contributed by atoms with Gasteiger partial charge in [0.2, 0.25) is 0 Å². The van der Waals surface area contributed by atoms with Crippen LogP contribution in [0.4, 0.5) is 0 Å². The molecule has 2 N–H and O–H groups in total. The highest BCUT2D eigenvalue weighted by Crippen LogP contribution is 2.24. The lowest BCUT2D eigenvalue weighted by molar-refractivity contribution is 0.598. The van der Waals surface area contributed by atoms with Crippen molar-refractivity contribution in [2.45, 2.75) is 6.04 Å². The lowest BCUT2D eigenvalue weighted by atomic mass is 10.1. The minimum absolute atomic E-state index is 0.119. The van der Waals surface area contributed by atoms with Crippen LogP contribution in [0.5, 0.6) is 0 Å². The van der Waals surface area contributed by atoms with E-state index in [1.807, 2.05) is 48.8 Å². The molecule has 0 fully saturated rings. The van der Waals surface area contributed by atoms with Gasteiger partial charge in [-0.25, -0.2) is 0 Å². The molecule has 0 bridgehead atoms. The van der Waals surface area contributed by atoms with Gasteiger partial charge in [0.15, 0.2) is 0 Å². The third kappa shape index (κ3) is 2.06. The summed E-state index contributed by atoms with van der Waals surface area (Å²) in [7, 11) is 0. The van der Waals surface area contributed by atoms with E-state index in [2.05, 4.69) is 4.57 Å². The van der Waals surface area contributed by atoms with Gasteiger partial charge in [-0.2, -0.15) is 0 Å². The second kappa shape index (κ2) is 4.51. The van der Waals surface area contributed by atoms with Gasteiger partial charge in [-0.3, -0.25) is 0 Å². The van der Waals surface area contributed by atoms with Crippen molar-refractivity contribution in [1.82, 2.24) is 4.57 Å². The van der Waals surface area contributed by atoms with Crippen molar-refractivity contribution in [3.05, 3.63) is 59.4 Å². The fraction of sp³-hybridized carbons (Fsp3) is 0.167. The number of halogens is 1. The molecule has 2 aromatic rings. The highest BCUT2D eigenvalue weighted by molar-refractivity contribution is 6.31. The van der Waals surface area contributed by atoms with Gasteiger partial charge in [0.25, 0.3) is 0 Å². The van der Waals surface area contributed by atoms with Gasteiger partial charge in [-0.15, -0.1) is 0 Å². The Morgan fingerprint density at radius 3 is 2.40 bits per heavy atom. The molecule has 0 spiro atoms. The SMILES string of the molecule is NCC(c1ccccc1Cl)n1cccc1. The number of benzene rings is 1. The molecule has 1 aromatic carbocycles. The van der Waals surface area contributed by atoms with Crippen LogP contribution in [-0.4, -0.2) is 11.1 Å². The standard InChI is InChI=1S/C12H13ClN2/c13-11-6-2-1-5-10(11)12(9-14)15-7-3-4-8-15/h1-8,12H,9,14H2. The van der Waals surface area contributed by atoms with Gasteiger partial charge >= 0.3 is 0 Å². The Hall–Kier alpha value is -1.25. The smallest absolute Gasteiger partial charge is 0.0716 e. The van der Waals surface area contributed by atoms with Crippen molar-refractivity contribution in [3.63, 3.8) is 0 Å². The molecule has 1 unspecified atom stereocenters. The monoisotopic (exact) mass is 220 g/mol. The summed E-state index contributed by atoms with van der Waals surface area (Å²) in [6.45, 7) is 0.540. The second-order valence-electron chi connectivity index (χ2n) is 3.40. The van der Waals surface area contributed by atoms with Gasteiger partial charge in [0.05, 0.1) is 6.04 Å². The summed E-state index contributed by atoms with van der Waals surface area (Å²) in [4.78, 5) is 0. The Balaban J connectivity index is 2.40. The van der Waals surface area contributed by atoms with Gasteiger partial charge in [0, 0.05) is 24.0 Å². The van der Waals surface area contributed by atoms with Gasteiger partial charge in [0.1, 0.15) is 0 Å². The van der Waals surface area contributed by atoms with Crippen LogP contribution in [-0.2, 0) is 0 Å². The summed E-state index contributed by atoms with van der Waals surface area (Å²) in [5.41, 5.74) is 6.85. The Bertz CT molecular complexity index is 423. The van der Waals surface area contributed by atoms with Crippen molar-refractivity contribution in [2.24, 2.45) is 5.73 Å². The second-order valence-corrected chi connectivity index (χ2v) is 3.81. The minimum atomic E-state index is 0.119. The molecule has 0 saturated carbocycles. The van der Waals surface area contributed by atoms with Crippen molar-refractivity contribution in [3.8, 4) is 0 Å². The molecular weight excluding hydrogens is 208 g/mol. The average Bonchev–Trinajstić information content (AvgIpc) is 2.75. The molecule has 1 aromatic heterocycles. The Morgan fingerprint density at radius 1 is 1.13 bits per heavy atom. The highest BCUT2D eigenvalue weighted by atomic mass is 35.5. The Kier molecular flexibility index (Phi) is 3.09. The quantitative estimate of drug-likeness (QED) is 0.847. The summed E-state index contributed by atoms with van der Waals surface area (Å²) in [5.74, 6) is 0. The number of rotatable bonds is 3. The van der Waals surface area contributed by atoms with Crippen molar-refractivity contribution >= 4 is 11.6 Å². The molecule has 1 atom stereocenters. The van der Waals surface area contributed by atoms with Crippen LogP contribution >= 0.6 is 11.6 Å². The fourth-order valence-electron chi connectivity index (χ4n) is 1.71. The Labute approximate surface area is 94.3 Å². The first-order chi connectivity index (χ1) is 7.33. The topological polar surface area (TPSA) is 30.9 Å². The number of nitrogens with two attached hydrogens (primary N) is 1. The number of hydrogen-bond donors (Lipinski definition) is 1. The zero-order valence-electron chi connectivity index (χ0n) is 8.31. The molecule has 0 saturated heterocycles. The summed E-state index contributed by atoms with van der Waals surface area (Å²) in [6.07, 6.45) is 4.00. The van der Waals surface area contributed by atoms with E-state index in [0.29, 0.717) is 6.54 Å². The van der Waals surface area contributed by atoms with Crippen molar-refractivity contribution in [2.75, 3.05) is 6.54 Å². The van der Waals surface area contributed by atoms with E-state index >= 15 is 0 Å².